The van der Waals surface area contributed by atoms with Crippen molar-refractivity contribution in [2.75, 3.05) is 18.6 Å². The molecule has 0 saturated heterocycles. The minimum atomic E-state index is 0.0685. The van der Waals surface area contributed by atoms with Crippen LogP contribution in [0.4, 0.5) is 0 Å². The molecule has 4 heteroatoms. The number of H-pyrrole nitrogens is 1. The molecule has 16 heavy (non-hydrogen) atoms. The summed E-state index contributed by atoms with van der Waals surface area (Å²) in [6.45, 7) is 4.25. The van der Waals surface area contributed by atoms with E-state index in [-0.39, 0.29) is 11.9 Å². The number of hydrogen-bond donors (Lipinski definition) is 1. The van der Waals surface area contributed by atoms with Crippen LogP contribution in [0.1, 0.15) is 30.8 Å². The zero-order chi connectivity index (χ0) is 12.0. The summed E-state index contributed by atoms with van der Waals surface area (Å²) in [5.41, 5.74) is 0.664. The first-order valence-corrected chi connectivity index (χ1v) is 6.80. The van der Waals surface area contributed by atoms with E-state index >= 15 is 0 Å². The molecule has 1 unspecified atom stereocenters. The maximum atomic E-state index is 12.0. The Morgan fingerprint density at radius 3 is 2.94 bits per heavy atom. The lowest BCUT2D eigenvalue weighted by Crippen LogP contribution is -2.35. The van der Waals surface area contributed by atoms with Crippen LogP contribution in [-0.4, -0.2) is 40.4 Å². The van der Waals surface area contributed by atoms with Crippen molar-refractivity contribution in [3.63, 3.8) is 0 Å². The normalized spacial score (nSPS) is 12.4. The molecule has 0 aliphatic rings. The summed E-state index contributed by atoms with van der Waals surface area (Å²) in [6.07, 6.45) is 2.82. The van der Waals surface area contributed by atoms with Crippen molar-refractivity contribution in [2.24, 2.45) is 0 Å². The summed E-state index contributed by atoms with van der Waals surface area (Å²) in [4.78, 5) is 16.7. The number of amides is 1. The van der Waals surface area contributed by atoms with Gasteiger partial charge in [0.25, 0.3) is 5.91 Å². The highest BCUT2D eigenvalue weighted by atomic mass is 32.2. The molecule has 1 rings (SSSR count). The minimum absolute atomic E-state index is 0.0685. The van der Waals surface area contributed by atoms with Crippen molar-refractivity contribution in [3.8, 4) is 0 Å². The molecule has 90 valence electrons. The number of carbonyl (C=O) groups is 1. The number of aromatic nitrogens is 1. The summed E-state index contributed by atoms with van der Waals surface area (Å²) in [5, 5.41) is 0. The Balaban J connectivity index is 2.44. The lowest BCUT2D eigenvalue weighted by molar-refractivity contribution is 0.0736. The molecule has 0 aromatic carbocycles. The molecule has 0 aliphatic heterocycles. The molecular formula is C12H20N2OS. The Kier molecular flexibility index (Phi) is 5.46. The van der Waals surface area contributed by atoms with Crippen LogP contribution in [0.3, 0.4) is 0 Å². The fourth-order valence-electron chi connectivity index (χ4n) is 1.45. The van der Waals surface area contributed by atoms with Gasteiger partial charge in [0.15, 0.2) is 0 Å². The average molecular weight is 240 g/mol. The van der Waals surface area contributed by atoms with Crippen LogP contribution in [0.5, 0.6) is 0 Å². The molecule has 1 N–H and O–H groups in total. The zero-order valence-electron chi connectivity index (χ0n) is 10.2. The fourth-order valence-corrected chi connectivity index (χ4v) is 2.24. The highest BCUT2D eigenvalue weighted by Gasteiger charge is 2.17. The summed E-state index contributed by atoms with van der Waals surface area (Å²) in [6, 6.07) is 3.94. The first-order chi connectivity index (χ1) is 7.66. The quantitative estimate of drug-likeness (QED) is 0.776. The lowest BCUT2D eigenvalue weighted by Gasteiger charge is -2.24. The summed E-state index contributed by atoms with van der Waals surface area (Å²) in [7, 11) is 1.87. The highest BCUT2D eigenvalue weighted by molar-refractivity contribution is 7.99. The molecule has 0 saturated carbocycles. The van der Waals surface area contributed by atoms with Gasteiger partial charge in [0.2, 0.25) is 0 Å². The van der Waals surface area contributed by atoms with Crippen LogP contribution in [-0.2, 0) is 0 Å². The van der Waals surface area contributed by atoms with Crippen molar-refractivity contribution < 1.29 is 4.79 Å². The molecule has 1 heterocycles. The van der Waals surface area contributed by atoms with E-state index in [1.165, 1.54) is 0 Å². The van der Waals surface area contributed by atoms with E-state index in [4.69, 9.17) is 0 Å². The van der Waals surface area contributed by atoms with Gasteiger partial charge in [0, 0.05) is 19.3 Å². The first kappa shape index (κ1) is 13.2. The van der Waals surface area contributed by atoms with Gasteiger partial charge in [-0.25, -0.2) is 0 Å². The van der Waals surface area contributed by atoms with Gasteiger partial charge in [-0.15, -0.1) is 0 Å². The third-order valence-electron chi connectivity index (χ3n) is 2.69. The second-order valence-electron chi connectivity index (χ2n) is 3.83. The van der Waals surface area contributed by atoms with Gasteiger partial charge >= 0.3 is 0 Å². The van der Waals surface area contributed by atoms with E-state index in [2.05, 4.69) is 18.8 Å². The Morgan fingerprint density at radius 1 is 1.62 bits per heavy atom. The number of rotatable bonds is 6. The van der Waals surface area contributed by atoms with Gasteiger partial charge in [-0.3, -0.25) is 4.79 Å². The molecule has 0 aliphatic carbocycles. The Bertz CT molecular complexity index is 311. The Morgan fingerprint density at radius 2 is 2.38 bits per heavy atom. The van der Waals surface area contributed by atoms with Crippen molar-refractivity contribution >= 4 is 17.7 Å². The van der Waals surface area contributed by atoms with Crippen molar-refractivity contribution in [3.05, 3.63) is 24.0 Å². The number of nitrogens with one attached hydrogen (secondary N) is 1. The molecule has 0 spiro atoms. The second kappa shape index (κ2) is 6.63. The standard InChI is InChI=1S/C12H20N2OS/c1-4-16-9-7-10(2)14(3)12(15)11-6-5-8-13-11/h5-6,8,10,13H,4,7,9H2,1-3H3. The van der Waals surface area contributed by atoms with Crippen LogP contribution in [0.2, 0.25) is 0 Å². The van der Waals surface area contributed by atoms with Crippen molar-refractivity contribution in [1.82, 2.24) is 9.88 Å². The third-order valence-corrected chi connectivity index (χ3v) is 3.63. The molecular weight excluding hydrogens is 220 g/mol. The minimum Gasteiger partial charge on any atom is -0.357 e. The number of nitrogens with zero attached hydrogens (tertiary/aromatic N) is 1. The predicted octanol–water partition coefficient (Wildman–Crippen LogP) is 2.62. The van der Waals surface area contributed by atoms with Gasteiger partial charge in [-0.1, -0.05) is 6.92 Å². The summed E-state index contributed by atoms with van der Waals surface area (Å²) in [5.74, 6) is 2.32. The molecule has 0 bridgehead atoms. The van der Waals surface area contributed by atoms with Gasteiger partial charge < -0.3 is 9.88 Å². The maximum Gasteiger partial charge on any atom is 0.270 e. The number of hydrogen-bond acceptors (Lipinski definition) is 2. The number of thioether (sulfide) groups is 1. The van der Waals surface area contributed by atoms with Crippen LogP contribution in [0.15, 0.2) is 18.3 Å². The Hall–Kier alpha value is -0.900. The van der Waals surface area contributed by atoms with Crippen LogP contribution < -0.4 is 0 Å². The number of aromatic amines is 1. The van der Waals surface area contributed by atoms with Gasteiger partial charge in [0.05, 0.1) is 0 Å². The lowest BCUT2D eigenvalue weighted by atomic mass is 10.2. The topological polar surface area (TPSA) is 36.1 Å². The molecule has 0 fully saturated rings. The monoisotopic (exact) mass is 240 g/mol. The molecule has 0 radical (unpaired) electrons. The molecule has 1 aromatic rings. The van der Waals surface area contributed by atoms with E-state index in [1.807, 2.05) is 35.8 Å². The average Bonchev–Trinajstić information content (AvgIpc) is 2.80. The largest absolute Gasteiger partial charge is 0.357 e. The van der Waals surface area contributed by atoms with E-state index in [0.717, 1.165) is 17.9 Å². The maximum absolute atomic E-state index is 12.0. The van der Waals surface area contributed by atoms with Gasteiger partial charge in [-0.05, 0) is 37.0 Å². The molecule has 3 nitrogen and oxygen atoms in total. The zero-order valence-corrected chi connectivity index (χ0v) is 11.0. The van der Waals surface area contributed by atoms with Crippen molar-refractivity contribution in [2.45, 2.75) is 26.3 Å². The van der Waals surface area contributed by atoms with Crippen molar-refractivity contribution in [1.29, 1.82) is 0 Å². The highest BCUT2D eigenvalue weighted by Crippen LogP contribution is 2.10. The first-order valence-electron chi connectivity index (χ1n) is 5.65. The van der Waals surface area contributed by atoms with Crippen LogP contribution in [0, 0.1) is 0 Å². The number of carbonyl (C=O) groups excluding carboxylic acids is 1. The van der Waals surface area contributed by atoms with E-state index in [1.54, 1.807) is 6.20 Å². The van der Waals surface area contributed by atoms with Crippen LogP contribution >= 0.6 is 11.8 Å². The van der Waals surface area contributed by atoms with Crippen LogP contribution in [0.25, 0.3) is 0 Å². The van der Waals surface area contributed by atoms with Gasteiger partial charge in [0.1, 0.15) is 5.69 Å². The second-order valence-corrected chi connectivity index (χ2v) is 5.23. The van der Waals surface area contributed by atoms with E-state index in [9.17, 15) is 4.79 Å². The molecule has 1 amide bonds. The summed E-state index contributed by atoms with van der Waals surface area (Å²) < 4.78 is 0. The molecule has 1 aromatic heterocycles. The molecule has 1 atom stereocenters. The smallest absolute Gasteiger partial charge is 0.270 e. The fraction of sp³-hybridized carbons (Fsp3) is 0.583. The summed E-state index contributed by atoms with van der Waals surface area (Å²) >= 11 is 1.92. The predicted molar refractivity (Wildman–Crippen MR) is 70.0 cm³/mol. The SMILES string of the molecule is CCSCCC(C)N(C)C(=O)c1ccc[nH]1. The van der Waals surface area contributed by atoms with E-state index in [0.29, 0.717) is 5.69 Å². The van der Waals surface area contributed by atoms with Gasteiger partial charge in [-0.2, -0.15) is 11.8 Å². The van der Waals surface area contributed by atoms with E-state index < -0.39 is 0 Å². The Labute approximate surface area is 102 Å². The third kappa shape index (κ3) is 3.59.